The van der Waals surface area contributed by atoms with Crippen LogP contribution in [0.25, 0.3) is 0 Å². The second-order valence-corrected chi connectivity index (χ2v) is 3.37. The highest BCUT2D eigenvalue weighted by Gasteiger charge is 2.76. The Morgan fingerprint density at radius 3 is 2.40 bits per heavy atom. The van der Waals surface area contributed by atoms with Gasteiger partial charge in [0.2, 0.25) is 0 Å². The normalized spacial score (nSPS) is 50.6. The number of hydrogen-bond acceptors (Lipinski definition) is 3. The predicted octanol–water partition coefficient (Wildman–Crippen LogP) is 0.313. The lowest BCUT2D eigenvalue weighted by atomic mass is 10.3. The molecule has 0 N–H and O–H groups in total. The van der Waals surface area contributed by atoms with Gasteiger partial charge in [-0.25, -0.2) is 4.79 Å². The molecule has 1 aliphatic carbocycles. The summed E-state index contributed by atoms with van der Waals surface area (Å²) in [5, 5.41) is 0. The first-order valence-corrected chi connectivity index (χ1v) is 3.41. The van der Waals surface area contributed by atoms with Crippen LogP contribution >= 0.6 is 11.6 Å². The van der Waals surface area contributed by atoms with Crippen LogP contribution in [0.2, 0.25) is 0 Å². The van der Waals surface area contributed by atoms with Crippen molar-refractivity contribution < 1.29 is 14.3 Å². The summed E-state index contributed by atoms with van der Waals surface area (Å²) < 4.78 is 4.29. The molecule has 3 atom stereocenters. The Morgan fingerprint density at radius 2 is 2.20 bits per heavy atom. The number of halogens is 1. The van der Waals surface area contributed by atoms with E-state index in [2.05, 4.69) is 4.74 Å². The Kier molecular flexibility index (Phi) is 0.844. The Balaban J connectivity index is 2.40. The second-order valence-electron chi connectivity index (χ2n) is 2.74. The maximum absolute atomic E-state index is 10.8. The summed E-state index contributed by atoms with van der Waals surface area (Å²) in [5.41, 5.74) is 0. The summed E-state index contributed by atoms with van der Waals surface area (Å²) in [7, 11) is 0. The fourth-order valence-corrected chi connectivity index (χ4v) is 1.82. The van der Waals surface area contributed by atoms with Gasteiger partial charge in [0.15, 0.2) is 4.87 Å². The van der Waals surface area contributed by atoms with Crippen LogP contribution < -0.4 is 0 Å². The first kappa shape index (κ1) is 6.16. The van der Waals surface area contributed by atoms with Crippen molar-refractivity contribution in [3.8, 4) is 0 Å². The Bertz CT molecular complexity index is 237. The number of alkyl halides is 1. The largest absolute Gasteiger partial charge is 0.392 e. The molecule has 3 nitrogen and oxygen atoms in total. The fourth-order valence-electron chi connectivity index (χ4n) is 1.44. The maximum atomic E-state index is 10.8. The van der Waals surface area contributed by atoms with E-state index >= 15 is 0 Å². The molecule has 1 aliphatic heterocycles. The van der Waals surface area contributed by atoms with E-state index in [1.54, 1.807) is 6.92 Å². The molecule has 2 fully saturated rings. The van der Waals surface area contributed by atoms with Crippen LogP contribution in [0.5, 0.6) is 0 Å². The molecule has 1 saturated carbocycles. The third-order valence-corrected chi connectivity index (χ3v) is 3.00. The molecule has 0 aromatic carbocycles. The van der Waals surface area contributed by atoms with E-state index in [1.165, 1.54) is 0 Å². The lowest BCUT2D eigenvalue weighted by Crippen LogP contribution is -2.16. The van der Waals surface area contributed by atoms with Crippen LogP contribution in [0, 0.1) is 11.8 Å². The monoisotopic (exact) mass is 160 g/mol. The van der Waals surface area contributed by atoms with E-state index in [4.69, 9.17) is 11.6 Å². The summed E-state index contributed by atoms with van der Waals surface area (Å²) in [6, 6.07) is 0. The maximum Gasteiger partial charge on any atom is 0.336 e. The lowest BCUT2D eigenvalue weighted by molar-refractivity contribution is -0.155. The van der Waals surface area contributed by atoms with Crippen LogP contribution in [-0.2, 0) is 14.3 Å². The second kappa shape index (κ2) is 1.37. The zero-order valence-electron chi connectivity index (χ0n) is 5.26. The molecule has 1 saturated heterocycles. The molecule has 0 spiro atoms. The smallest absolute Gasteiger partial charge is 0.336 e. The zero-order chi connectivity index (χ0) is 7.52. The standard InChI is InChI=1S/C6H5ClO3/c1-2-3-4(8)10-5(9)6(2,3)7/h2-3H,1H3. The minimum absolute atomic E-state index is 0.0390. The van der Waals surface area contributed by atoms with Gasteiger partial charge in [0.1, 0.15) is 0 Å². The first-order chi connectivity index (χ1) is 4.58. The third kappa shape index (κ3) is 0.408. The van der Waals surface area contributed by atoms with Gasteiger partial charge in [-0.05, 0) is 0 Å². The molecule has 3 unspecified atom stereocenters. The van der Waals surface area contributed by atoms with Gasteiger partial charge in [0, 0.05) is 5.92 Å². The van der Waals surface area contributed by atoms with Gasteiger partial charge in [-0.1, -0.05) is 6.92 Å². The Labute approximate surface area is 62.3 Å². The van der Waals surface area contributed by atoms with Gasteiger partial charge in [0.25, 0.3) is 0 Å². The molecule has 2 aliphatic rings. The molecular weight excluding hydrogens is 156 g/mol. The SMILES string of the molecule is CC1C2C(=O)OC(=O)C12Cl. The summed E-state index contributed by atoms with van der Waals surface area (Å²) in [6.07, 6.45) is 0. The number of cyclic esters (lactones) is 2. The average Bonchev–Trinajstić information content (AvgIpc) is 2.28. The Morgan fingerprint density at radius 1 is 1.60 bits per heavy atom. The molecule has 0 aromatic rings. The number of rotatable bonds is 0. The van der Waals surface area contributed by atoms with Crippen molar-refractivity contribution in [2.45, 2.75) is 11.8 Å². The van der Waals surface area contributed by atoms with Crippen molar-refractivity contribution in [2.24, 2.45) is 11.8 Å². The van der Waals surface area contributed by atoms with Crippen molar-refractivity contribution in [1.29, 1.82) is 0 Å². The molecule has 0 radical (unpaired) electrons. The highest BCUT2D eigenvalue weighted by Crippen LogP contribution is 2.60. The minimum atomic E-state index is -0.989. The quantitative estimate of drug-likeness (QED) is 0.291. The van der Waals surface area contributed by atoms with Crippen molar-refractivity contribution in [2.75, 3.05) is 0 Å². The summed E-state index contributed by atoms with van der Waals surface area (Å²) in [4.78, 5) is 20.5. The molecule has 0 aromatic heterocycles. The van der Waals surface area contributed by atoms with E-state index in [0.29, 0.717) is 0 Å². The van der Waals surface area contributed by atoms with Crippen molar-refractivity contribution in [3.05, 3.63) is 0 Å². The minimum Gasteiger partial charge on any atom is -0.392 e. The fraction of sp³-hybridized carbons (Fsp3) is 0.667. The van der Waals surface area contributed by atoms with Crippen LogP contribution in [0.4, 0.5) is 0 Å². The van der Waals surface area contributed by atoms with Gasteiger partial charge in [0.05, 0.1) is 5.92 Å². The average molecular weight is 161 g/mol. The van der Waals surface area contributed by atoms with Gasteiger partial charge < -0.3 is 4.74 Å². The lowest BCUT2D eigenvalue weighted by Gasteiger charge is -1.98. The van der Waals surface area contributed by atoms with Crippen LogP contribution in [0.1, 0.15) is 6.92 Å². The molecule has 4 heteroatoms. The van der Waals surface area contributed by atoms with E-state index < -0.39 is 16.8 Å². The van der Waals surface area contributed by atoms with Gasteiger partial charge >= 0.3 is 11.9 Å². The van der Waals surface area contributed by atoms with Crippen molar-refractivity contribution in [3.63, 3.8) is 0 Å². The molecule has 0 bridgehead atoms. The number of carbonyl (C=O) groups excluding carboxylic acids is 2. The molecule has 54 valence electrons. The van der Waals surface area contributed by atoms with E-state index in [0.717, 1.165) is 0 Å². The van der Waals surface area contributed by atoms with E-state index in [9.17, 15) is 9.59 Å². The molecule has 1 heterocycles. The van der Waals surface area contributed by atoms with Crippen LogP contribution in [-0.4, -0.2) is 16.8 Å². The first-order valence-electron chi connectivity index (χ1n) is 3.03. The molecule has 0 amide bonds. The van der Waals surface area contributed by atoms with Crippen molar-refractivity contribution >= 4 is 23.5 Å². The number of carbonyl (C=O) groups is 2. The van der Waals surface area contributed by atoms with Gasteiger partial charge in [-0.3, -0.25) is 4.79 Å². The summed E-state index contributed by atoms with van der Waals surface area (Å²) >= 11 is 5.74. The number of esters is 2. The van der Waals surface area contributed by atoms with Crippen LogP contribution in [0.3, 0.4) is 0 Å². The van der Waals surface area contributed by atoms with E-state index in [1.807, 2.05) is 0 Å². The third-order valence-electron chi connectivity index (χ3n) is 2.27. The highest BCUT2D eigenvalue weighted by molar-refractivity contribution is 6.41. The Hall–Kier alpha value is -0.570. The van der Waals surface area contributed by atoms with Crippen molar-refractivity contribution in [1.82, 2.24) is 0 Å². The number of fused-ring (bicyclic) bond motifs is 1. The van der Waals surface area contributed by atoms with Gasteiger partial charge in [-0.15, -0.1) is 11.6 Å². The van der Waals surface area contributed by atoms with Crippen LogP contribution in [0.15, 0.2) is 0 Å². The summed E-state index contributed by atoms with van der Waals surface area (Å²) in [5.74, 6) is -1.45. The highest BCUT2D eigenvalue weighted by atomic mass is 35.5. The number of hydrogen-bond donors (Lipinski definition) is 0. The van der Waals surface area contributed by atoms with Gasteiger partial charge in [-0.2, -0.15) is 0 Å². The zero-order valence-corrected chi connectivity index (χ0v) is 6.01. The van der Waals surface area contributed by atoms with E-state index in [-0.39, 0.29) is 11.8 Å². The molecule has 2 rings (SSSR count). The molecular formula is C6H5ClO3. The number of ether oxygens (including phenoxy) is 1. The summed E-state index contributed by atoms with van der Waals surface area (Å²) in [6.45, 7) is 1.77. The predicted molar refractivity (Wildman–Crippen MR) is 32.3 cm³/mol. The topological polar surface area (TPSA) is 43.4 Å². The molecule has 10 heavy (non-hydrogen) atoms.